The minimum absolute atomic E-state index is 0.260. The summed E-state index contributed by atoms with van der Waals surface area (Å²) in [6, 6.07) is 11.2. The molecule has 0 radical (unpaired) electrons. The highest BCUT2D eigenvalue weighted by molar-refractivity contribution is 7.89. The third-order valence-corrected chi connectivity index (χ3v) is 5.19. The average Bonchev–Trinajstić information content (AvgIpc) is 2.43. The van der Waals surface area contributed by atoms with Crippen LogP contribution in [0.25, 0.3) is 0 Å². The number of sulfonamides is 1. The van der Waals surface area contributed by atoms with Crippen LogP contribution in [0.4, 0.5) is 5.69 Å². The molecular weight excluding hydrogens is 284 g/mol. The summed E-state index contributed by atoms with van der Waals surface area (Å²) < 4.78 is 27.6. The van der Waals surface area contributed by atoms with Crippen molar-refractivity contribution in [2.24, 2.45) is 0 Å². The summed E-state index contributed by atoms with van der Waals surface area (Å²) in [5.74, 6) is 0. The van der Waals surface area contributed by atoms with Gasteiger partial charge >= 0.3 is 0 Å². The number of nitrogens with one attached hydrogen (secondary N) is 1. The molecule has 0 aromatic heterocycles. The summed E-state index contributed by atoms with van der Waals surface area (Å²) in [6.45, 7) is 5.75. The van der Waals surface area contributed by atoms with Crippen molar-refractivity contribution in [3.63, 3.8) is 0 Å². The second kappa shape index (κ2) is 5.87. The zero-order chi connectivity index (χ0) is 15.6. The lowest BCUT2D eigenvalue weighted by molar-refractivity contribution is 0.580. The van der Waals surface area contributed by atoms with Gasteiger partial charge in [0.1, 0.15) is 0 Å². The van der Waals surface area contributed by atoms with E-state index in [-0.39, 0.29) is 11.4 Å². The van der Waals surface area contributed by atoms with Gasteiger partial charge in [-0.3, -0.25) is 0 Å². The minimum atomic E-state index is -3.58. The summed E-state index contributed by atoms with van der Waals surface area (Å²) in [7, 11) is -3.58. The second-order valence-electron chi connectivity index (χ2n) is 5.24. The van der Waals surface area contributed by atoms with Crippen molar-refractivity contribution < 1.29 is 8.42 Å². The second-order valence-corrected chi connectivity index (χ2v) is 6.94. The summed E-state index contributed by atoms with van der Waals surface area (Å²) in [5, 5.41) is 0. The number of benzene rings is 2. The number of rotatable bonds is 4. The number of aryl methyl sites for hydroxylation is 2. The van der Waals surface area contributed by atoms with E-state index >= 15 is 0 Å². The van der Waals surface area contributed by atoms with E-state index in [0.29, 0.717) is 16.8 Å². The van der Waals surface area contributed by atoms with Crippen LogP contribution >= 0.6 is 0 Å². The largest absolute Gasteiger partial charge is 0.398 e. The Morgan fingerprint density at radius 2 is 1.62 bits per heavy atom. The first kappa shape index (κ1) is 15.5. The molecule has 3 N–H and O–H groups in total. The third kappa shape index (κ3) is 3.43. The van der Waals surface area contributed by atoms with Crippen LogP contribution in [-0.2, 0) is 16.6 Å². The normalized spacial score (nSPS) is 11.6. The van der Waals surface area contributed by atoms with Crippen LogP contribution in [0.1, 0.15) is 22.3 Å². The summed E-state index contributed by atoms with van der Waals surface area (Å²) in [4.78, 5) is 0.273. The van der Waals surface area contributed by atoms with Gasteiger partial charge in [0.25, 0.3) is 0 Å². The molecule has 0 aliphatic rings. The Balaban J connectivity index is 2.27. The van der Waals surface area contributed by atoms with E-state index in [4.69, 9.17) is 5.73 Å². The van der Waals surface area contributed by atoms with Crippen LogP contribution in [0.15, 0.2) is 41.3 Å². The Labute approximate surface area is 126 Å². The van der Waals surface area contributed by atoms with Crippen LogP contribution in [0.2, 0.25) is 0 Å². The highest BCUT2D eigenvalue weighted by Crippen LogP contribution is 2.24. The van der Waals surface area contributed by atoms with Gasteiger partial charge in [-0.25, -0.2) is 13.1 Å². The molecule has 112 valence electrons. The highest BCUT2D eigenvalue weighted by Gasteiger charge is 2.20. The van der Waals surface area contributed by atoms with E-state index in [1.165, 1.54) is 0 Å². The van der Waals surface area contributed by atoms with Crippen molar-refractivity contribution >= 4 is 15.7 Å². The number of hydrogen-bond donors (Lipinski definition) is 2. The molecule has 0 fully saturated rings. The Kier molecular flexibility index (Phi) is 4.34. The Bertz CT molecular complexity index is 751. The minimum Gasteiger partial charge on any atom is -0.398 e. The predicted octanol–water partition coefficient (Wildman–Crippen LogP) is 2.67. The van der Waals surface area contributed by atoms with Gasteiger partial charge in [0, 0.05) is 12.2 Å². The van der Waals surface area contributed by atoms with Crippen LogP contribution in [0.5, 0.6) is 0 Å². The number of hydrogen-bond acceptors (Lipinski definition) is 3. The molecule has 0 aliphatic carbocycles. The number of nitrogen functional groups attached to an aromatic ring is 1. The van der Waals surface area contributed by atoms with Gasteiger partial charge in [-0.1, -0.05) is 35.9 Å². The fourth-order valence-corrected chi connectivity index (χ4v) is 3.73. The monoisotopic (exact) mass is 304 g/mol. The summed E-state index contributed by atoms with van der Waals surface area (Å²) >= 11 is 0. The zero-order valence-corrected chi connectivity index (χ0v) is 13.3. The maximum Gasteiger partial charge on any atom is 0.241 e. The van der Waals surface area contributed by atoms with Crippen LogP contribution in [-0.4, -0.2) is 8.42 Å². The van der Waals surface area contributed by atoms with Gasteiger partial charge in [0.15, 0.2) is 0 Å². The van der Waals surface area contributed by atoms with Gasteiger partial charge in [0.05, 0.1) is 4.90 Å². The summed E-state index contributed by atoms with van der Waals surface area (Å²) in [6.07, 6.45) is 0. The van der Waals surface area contributed by atoms with Crippen LogP contribution in [0.3, 0.4) is 0 Å². The fourth-order valence-electron chi connectivity index (χ4n) is 2.21. The predicted molar refractivity (Wildman–Crippen MR) is 85.5 cm³/mol. The first-order valence-electron chi connectivity index (χ1n) is 6.72. The molecule has 4 nitrogen and oxygen atoms in total. The third-order valence-electron chi connectivity index (χ3n) is 3.50. The molecule has 0 unspecified atom stereocenters. The molecule has 0 heterocycles. The molecule has 2 aromatic rings. The fraction of sp³-hybridized carbons (Fsp3) is 0.250. The first-order chi connectivity index (χ1) is 9.81. The van der Waals surface area contributed by atoms with E-state index in [1.807, 2.05) is 31.2 Å². The smallest absolute Gasteiger partial charge is 0.241 e. The standard InChI is InChI=1S/C16H20N2O2S/c1-11-4-7-14(8-5-11)10-18-21(19,20)16-12(2)6-9-15(17)13(16)3/h4-9,18H,10,17H2,1-3H3. The van der Waals surface area contributed by atoms with Crippen LogP contribution < -0.4 is 10.5 Å². The van der Waals surface area contributed by atoms with Crippen molar-refractivity contribution in [1.82, 2.24) is 4.72 Å². The van der Waals surface area contributed by atoms with Crippen molar-refractivity contribution in [3.8, 4) is 0 Å². The maximum absolute atomic E-state index is 12.5. The molecule has 5 heteroatoms. The Hall–Kier alpha value is -1.85. The maximum atomic E-state index is 12.5. The van der Waals surface area contributed by atoms with Crippen LogP contribution in [0, 0.1) is 20.8 Å². The summed E-state index contributed by atoms with van der Waals surface area (Å²) in [5.41, 5.74) is 9.65. The molecule has 0 bridgehead atoms. The quantitative estimate of drug-likeness (QED) is 0.853. The Morgan fingerprint density at radius 1 is 1.00 bits per heavy atom. The molecule has 0 aliphatic heterocycles. The molecule has 0 spiro atoms. The number of nitrogens with two attached hydrogens (primary N) is 1. The lowest BCUT2D eigenvalue weighted by atomic mass is 10.1. The number of anilines is 1. The van der Waals surface area contributed by atoms with Crippen molar-refractivity contribution in [3.05, 3.63) is 58.7 Å². The van der Waals surface area contributed by atoms with E-state index in [9.17, 15) is 8.42 Å². The van der Waals surface area contributed by atoms with Gasteiger partial charge < -0.3 is 5.73 Å². The first-order valence-corrected chi connectivity index (χ1v) is 8.20. The zero-order valence-electron chi connectivity index (χ0n) is 12.5. The van der Waals surface area contributed by atoms with E-state index in [0.717, 1.165) is 11.1 Å². The molecule has 0 atom stereocenters. The molecule has 0 saturated heterocycles. The lowest BCUT2D eigenvalue weighted by Gasteiger charge is -2.13. The molecule has 0 amide bonds. The van der Waals surface area contributed by atoms with Gasteiger partial charge in [0.2, 0.25) is 10.0 Å². The molecule has 2 aromatic carbocycles. The van der Waals surface area contributed by atoms with Gasteiger partial charge in [-0.15, -0.1) is 0 Å². The molecule has 2 rings (SSSR count). The van der Waals surface area contributed by atoms with Gasteiger partial charge in [-0.2, -0.15) is 0 Å². The van der Waals surface area contributed by atoms with Crippen molar-refractivity contribution in [1.29, 1.82) is 0 Å². The van der Waals surface area contributed by atoms with Crippen molar-refractivity contribution in [2.75, 3.05) is 5.73 Å². The topological polar surface area (TPSA) is 72.2 Å². The van der Waals surface area contributed by atoms with E-state index < -0.39 is 10.0 Å². The molecular formula is C16H20N2O2S. The molecule has 0 saturated carbocycles. The molecule has 21 heavy (non-hydrogen) atoms. The average molecular weight is 304 g/mol. The van der Waals surface area contributed by atoms with E-state index in [2.05, 4.69) is 4.72 Å². The lowest BCUT2D eigenvalue weighted by Crippen LogP contribution is -2.25. The SMILES string of the molecule is Cc1ccc(CNS(=O)(=O)c2c(C)ccc(N)c2C)cc1. The highest BCUT2D eigenvalue weighted by atomic mass is 32.2. The Morgan fingerprint density at radius 3 is 2.24 bits per heavy atom. The van der Waals surface area contributed by atoms with Crippen molar-refractivity contribution in [2.45, 2.75) is 32.2 Å². The van der Waals surface area contributed by atoms with Gasteiger partial charge in [-0.05, 0) is 43.5 Å². The van der Waals surface area contributed by atoms with E-state index in [1.54, 1.807) is 26.0 Å².